The van der Waals surface area contributed by atoms with Crippen LogP contribution in [-0.4, -0.2) is 48.2 Å². The summed E-state index contributed by atoms with van der Waals surface area (Å²) in [5.74, 6) is -0.653. The molecule has 3 N–H and O–H groups in total. The zero-order valence-corrected chi connectivity index (χ0v) is 19.2. The minimum Gasteiger partial charge on any atom is -0.497 e. The number of carbonyl (C=O) groups is 3. The smallest absolute Gasteiger partial charge is 0.246 e. The third kappa shape index (κ3) is 8.94. The van der Waals surface area contributed by atoms with Crippen molar-refractivity contribution in [2.24, 2.45) is 5.92 Å². The first kappa shape index (κ1) is 25.9. The number of amides is 3. The van der Waals surface area contributed by atoms with Gasteiger partial charge in [-0.05, 0) is 49.1 Å². The first-order chi connectivity index (χ1) is 16.0. The molecule has 0 bridgehead atoms. The van der Waals surface area contributed by atoms with Gasteiger partial charge in [-0.3, -0.25) is 19.6 Å². The molecule has 2 atom stereocenters. The molecule has 0 saturated heterocycles. The van der Waals surface area contributed by atoms with Crippen LogP contribution in [0.3, 0.4) is 0 Å². The lowest BCUT2D eigenvalue weighted by atomic mass is 9.99. The van der Waals surface area contributed by atoms with Crippen molar-refractivity contribution >= 4 is 23.9 Å². The minimum atomic E-state index is -0.785. The molecule has 0 unspecified atom stereocenters. The van der Waals surface area contributed by atoms with Crippen molar-refractivity contribution in [2.75, 3.05) is 19.0 Å². The van der Waals surface area contributed by atoms with Crippen LogP contribution in [0, 0.1) is 5.92 Å². The maximum Gasteiger partial charge on any atom is 0.246 e. The lowest BCUT2D eigenvalue weighted by molar-refractivity contribution is -0.155. The van der Waals surface area contributed by atoms with Crippen LogP contribution in [0.2, 0.25) is 0 Å². The van der Waals surface area contributed by atoms with Gasteiger partial charge in [0.25, 0.3) is 0 Å². The van der Waals surface area contributed by atoms with Crippen molar-refractivity contribution < 1.29 is 24.3 Å². The van der Waals surface area contributed by atoms with Crippen molar-refractivity contribution in [3.8, 4) is 5.75 Å². The van der Waals surface area contributed by atoms with Gasteiger partial charge in [-0.15, -0.1) is 0 Å². The SMILES string of the molecule is CCCC[C@H](CN(O)C=O)C(=O)N[C@@H](CCc1ccccc1)C(=O)Nc1ccc(OC)cc1. The molecular weight excluding hydrogens is 422 g/mol. The number of nitrogens with one attached hydrogen (secondary N) is 2. The van der Waals surface area contributed by atoms with Gasteiger partial charge < -0.3 is 15.4 Å². The van der Waals surface area contributed by atoms with Crippen molar-refractivity contribution in [1.29, 1.82) is 0 Å². The predicted octanol–water partition coefficient (Wildman–Crippen LogP) is 3.41. The van der Waals surface area contributed by atoms with Crippen LogP contribution in [0.15, 0.2) is 54.6 Å². The van der Waals surface area contributed by atoms with E-state index >= 15 is 0 Å². The molecule has 8 nitrogen and oxygen atoms in total. The highest BCUT2D eigenvalue weighted by Gasteiger charge is 2.26. The van der Waals surface area contributed by atoms with Crippen LogP contribution in [0.4, 0.5) is 5.69 Å². The van der Waals surface area contributed by atoms with Gasteiger partial charge in [0.15, 0.2) is 0 Å². The zero-order valence-electron chi connectivity index (χ0n) is 19.2. The van der Waals surface area contributed by atoms with Gasteiger partial charge in [-0.2, -0.15) is 0 Å². The molecule has 33 heavy (non-hydrogen) atoms. The first-order valence-electron chi connectivity index (χ1n) is 11.2. The van der Waals surface area contributed by atoms with Crippen LogP contribution in [0.5, 0.6) is 5.75 Å². The van der Waals surface area contributed by atoms with E-state index in [0.29, 0.717) is 35.8 Å². The molecule has 2 aromatic rings. The normalized spacial score (nSPS) is 12.3. The second-order valence-electron chi connectivity index (χ2n) is 7.87. The fourth-order valence-corrected chi connectivity index (χ4v) is 3.44. The number of aryl methyl sites for hydroxylation is 1. The summed E-state index contributed by atoms with van der Waals surface area (Å²) in [6, 6.07) is 15.9. The summed E-state index contributed by atoms with van der Waals surface area (Å²) in [5.41, 5.74) is 1.64. The minimum absolute atomic E-state index is 0.124. The Labute approximate surface area is 194 Å². The molecule has 0 saturated carbocycles. The van der Waals surface area contributed by atoms with Crippen LogP contribution in [0.25, 0.3) is 0 Å². The third-order valence-corrected chi connectivity index (χ3v) is 5.36. The van der Waals surface area contributed by atoms with Gasteiger partial charge in [-0.1, -0.05) is 50.1 Å². The fourth-order valence-electron chi connectivity index (χ4n) is 3.44. The number of anilines is 1. The Morgan fingerprint density at radius 3 is 2.36 bits per heavy atom. The lowest BCUT2D eigenvalue weighted by Crippen LogP contribution is -2.48. The van der Waals surface area contributed by atoms with Crippen LogP contribution >= 0.6 is 0 Å². The summed E-state index contributed by atoms with van der Waals surface area (Å²) in [7, 11) is 1.57. The van der Waals surface area contributed by atoms with Crippen molar-refractivity contribution in [1.82, 2.24) is 10.4 Å². The topological polar surface area (TPSA) is 108 Å². The second kappa shape index (κ2) is 13.9. The summed E-state index contributed by atoms with van der Waals surface area (Å²) in [4.78, 5) is 36.9. The number of nitrogens with zero attached hydrogens (tertiary/aromatic N) is 1. The van der Waals surface area contributed by atoms with E-state index in [1.165, 1.54) is 0 Å². The quantitative estimate of drug-likeness (QED) is 0.230. The number of ether oxygens (including phenoxy) is 1. The van der Waals surface area contributed by atoms with Crippen LogP contribution in [0.1, 0.15) is 38.2 Å². The van der Waals surface area contributed by atoms with Gasteiger partial charge in [-0.25, -0.2) is 5.06 Å². The predicted molar refractivity (Wildman–Crippen MR) is 126 cm³/mol. The van der Waals surface area contributed by atoms with E-state index in [1.54, 1.807) is 31.4 Å². The van der Waals surface area contributed by atoms with Gasteiger partial charge >= 0.3 is 0 Å². The van der Waals surface area contributed by atoms with Crippen molar-refractivity contribution in [3.63, 3.8) is 0 Å². The second-order valence-corrected chi connectivity index (χ2v) is 7.87. The average Bonchev–Trinajstić information content (AvgIpc) is 2.84. The standard InChI is InChI=1S/C25H33N3O5/c1-3-4-10-20(17-28(32)18-29)24(30)27-23(16-11-19-8-6-5-7-9-19)25(31)26-21-12-14-22(33-2)15-13-21/h5-9,12-15,18,20,23,32H,3-4,10-11,16-17H2,1-2H3,(H,26,31)(H,27,30)/t20-,23+/m1/s1. The molecule has 0 heterocycles. The first-order valence-corrected chi connectivity index (χ1v) is 11.2. The highest BCUT2D eigenvalue weighted by atomic mass is 16.5. The molecule has 0 fully saturated rings. The summed E-state index contributed by atoms with van der Waals surface area (Å²) in [6.45, 7) is 1.87. The summed E-state index contributed by atoms with van der Waals surface area (Å²) in [6.07, 6.45) is 3.40. The molecule has 0 radical (unpaired) electrons. The fraction of sp³-hybridized carbons (Fsp3) is 0.400. The molecule has 0 aromatic heterocycles. The number of methoxy groups -OCH3 is 1. The van der Waals surface area contributed by atoms with Crippen molar-refractivity contribution in [2.45, 2.75) is 45.1 Å². The molecule has 8 heteroatoms. The molecule has 0 aliphatic rings. The summed E-state index contributed by atoms with van der Waals surface area (Å²) in [5, 5.41) is 15.8. The van der Waals surface area contributed by atoms with Crippen LogP contribution < -0.4 is 15.4 Å². The largest absolute Gasteiger partial charge is 0.497 e. The van der Waals surface area contributed by atoms with Gasteiger partial charge in [0.2, 0.25) is 18.2 Å². The number of hydrogen-bond donors (Lipinski definition) is 3. The highest BCUT2D eigenvalue weighted by molar-refractivity contribution is 5.97. The van der Waals surface area contributed by atoms with Gasteiger partial charge in [0, 0.05) is 5.69 Å². The number of carbonyl (C=O) groups excluding carboxylic acids is 3. The molecule has 2 rings (SSSR count). The average molecular weight is 456 g/mol. The maximum atomic E-state index is 13.1. The Balaban J connectivity index is 2.13. The summed E-state index contributed by atoms with van der Waals surface area (Å²) < 4.78 is 5.14. The van der Waals surface area contributed by atoms with Gasteiger partial charge in [0.05, 0.1) is 19.6 Å². The lowest BCUT2D eigenvalue weighted by Gasteiger charge is -2.24. The Hall–Kier alpha value is -3.39. The molecule has 0 aliphatic carbocycles. The number of benzene rings is 2. The van der Waals surface area contributed by atoms with Gasteiger partial charge in [0.1, 0.15) is 11.8 Å². The van der Waals surface area contributed by atoms with E-state index in [9.17, 15) is 19.6 Å². The summed E-state index contributed by atoms with van der Waals surface area (Å²) >= 11 is 0. The Bertz CT molecular complexity index is 873. The number of hydrogen-bond acceptors (Lipinski definition) is 5. The van der Waals surface area contributed by atoms with E-state index in [0.717, 1.165) is 18.4 Å². The van der Waals surface area contributed by atoms with E-state index in [4.69, 9.17) is 4.74 Å². The monoisotopic (exact) mass is 455 g/mol. The molecule has 0 spiro atoms. The number of rotatable bonds is 14. The van der Waals surface area contributed by atoms with E-state index < -0.39 is 12.0 Å². The number of unbranched alkanes of at least 4 members (excludes halogenated alkanes) is 1. The third-order valence-electron chi connectivity index (χ3n) is 5.36. The van der Waals surface area contributed by atoms with Crippen LogP contribution in [-0.2, 0) is 20.8 Å². The zero-order chi connectivity index (χ0) is 24.1. The maximum absolute atomic E-state index is 13.1. The van der Waals surface area contributed by atoms with E-state index in [1.807, 2.05) is 37.3 Å². The van der Waals surface area contributed by atoms with Crippen molar-refractivity contribution in [3.05, 3.63) is 60.2 Å². The Morgan fingerprint density at radius 1 is 1.06 bits per heavy atom. The molecule has 178 valence electrons. The molecular formula is C25H33N3O5. The molecule has 0 aliphatic heterocycles. The molecule has 3 amide bonds. The Morgan fingerprint density at radius 2 is 1.76 bits per heavy atom. The molecule has 2 aromatic carbocycles. The van der Waals surface area contributed by atoms with E-state index in [2.05, 4.69) is 10.6 Å². The van der Waals surface area contributed by atoms with E-state index in [-0.39, 0.29) is 24.8 Å². The number of hydroxylamine groups is 2. The highest BCUT2D eigenvalue weighted by Crippen LogP contribution is 2.17. The Kier molecular flexibility index (Phi) is 10.9.